The van der Waals surface area contributed by atoms with Crippen LogP contribution in [0.15, 0.2) is 0 Å². The summed E-state index contributed by atoms with van der Waals surface area (Å²) < 4.78 is 0. The fourth-order valence-corrected chi connectivity index (χ4v) is 1.97. The molecule has 0 aliphatic heterocycles. The van der Waals surface area contributed by atoms with Crippen LogP contribution in [0.1, 0.15) is 25.7 Å². The van der Waals surface area contributed by atoms with Gasteiger partial charge in [-0.1, -0.05) is 0 Å². The summed E-state index contributed by atoms with van der Waals surface area (Å²) in [5.74, 6) is 2.62. The average Bonchev–Trinajstić information content (AvgIpc) is 2.23. The first-order chi connectivity index (χ1) is 7.31. The quantitative estimate of drug-likeness (QED) is 0.460. The van der Waals surface area contributed by atoms with Crippen molar-refractivity contribution < 1.29 is 9.90 Å². The number of aliphatic hydroxyl groups is 1. The third kappa shape index (κ3) is 12.0. The zero-order valence-electron chi connectivity index (χ0n) is 9.01. The van der Waals surface area contributed by atoms with Crippen LogP contribution in [-0.4, -0.2) is 41.6 Å². The third-order valence-corrected chi connectivity index (χ3v) is 3.14. The molecule has 3 nitrogen and oxygen atoms in total. The summed E-state index contributed by atoms with van der Waals surface area (Å²) in [6, 6.07) is 0. The number of carbonyl (C=O) groups excluding carboxylic acids is 1. The summed E-state index contributed by atoms with van der Waals surface area (Å²) in [5, 5.41) is 11.4. The Morgan fingerprint density at radius 1 is 1.27 bits per heavy atom. The van der Waals surface area contributed by atoms with E-state index in [2.05, 4.69) is 5.32 Å². The number of hydrogen-bond donors (Lipinski definition) is 2. The van der Waals surface area contributed by atoms with E-state index in [0.717, 1.165) is 37.3 Å². The van der Waals surface area contributed by atoms with E-state index in [1.165, 1.54) is 0 Å². The number of rotatable bonds is 10. The summed E-state index contributed by atoms with van der Waals surface area (Å²) in [5.41, 5.74) is 0. The minimum absolute atomic E-state index is 0.114. The van der Waals surface area contributed by atoms with Crippen molar-refractivity contribution in [3.8, 4) is 0 Å². The van der Waals surface area contributed by atoms with Crippen molar-refractivity contribution in [1.29, 1.82) is 0 Å². The lowest BCUT2D eigenvalue weighted by molar-refractivity contribution is -0.121. The maximum absolute atomic E-state index is 11.2. The van der Waals surface area contributed by atoms with E-state index in [-0.39, 0.29) is 12.5 Å². The predicted molar refractivity (Wildman–Crippen MR) is 66.6 cm³/mol. The van der Waals surface area contributed by atoms with Gasteiger partial charge in [0.25, 0.3) is 0 Å². The number of amides is 1. The predicted octanol–water partition coefficient (Wildman–Crippen LogP) is 1.63. The van der Waals surface area contributed by atoms with Crippen LogP contribution in [-0.2, 0) is 4.79 Å². The molecule has 0 fully saturated rings. The molecule has 90 valence electrons. The molecule has 0 spiro atoms. The molecule has 1 amide bonds. The Bertz CT molecular complexity index is 158. The summed E-state index contributed by atoms with van der Waals surface area (Å²) in [6.45, 7) is 0.966. The molecule has 0 rings (SSSR count). The number of carbonyl (C=O) groups is 1. The Balaban J connectivity index is 3.10. The van der Waals surface area contributed by atoms with Gasteiger partial charge in [0, 0.05) is 31.2 Å². The third-order valence-electron chi connectivity index (χ3n) is 1.80. The van der Waals surface area contributed by atoms with Crippen LogP contribution in [0.4, 0.5) is 0 Å². The summed E-state index contributed by atoms with van der Waals surface area (Å²) >= 11 is 7.26. The molecule has 0 saturated carbocycles. The molecule has 0 aromatic heterocycles. The Labute approximate surface area is 101 Å². The molecular formula is C10H20ClNO2S. The van der Waals surface area contributed by atoms with Crippen molar-refractivity contribution in [2.45, 2.75) is 25.7 Å². The maximum atomic E-state index is 11.2. The van der Waals surface area contributed by atoms with Crippen LogP contribution in [0, 0.1) is 0 Å². The van der Waals surface area contributed by atoms with Crippen LogP contribution in [0.5, 0.6) is 0 Å². The van der Waals surface area contributed by atoms with Crippen molar-refractivity contribution in [3.63, 3.8) is 0 Å². The fourth-order valence-electron chi connectivity index (χ4n) is 1.000. The second kappa shape index (κ2) is 12.1. The number of aliphatic hydroxyl groups excluding tert-OH is 1. The smallest absolute Gasteiger partial charge is 0.220 e. The lowest BCUT2D eigenvalue weighted by Gasteiger charge is -2.04. The molecule has 0 aromatic carbocycles. The van der Waals surface area contributed by atoms with Crippen LogP contribution in [0.25, 0.3) is 0 Å². The van der Waals surface area contributed by atoms with Crippen molar-refractivity contribution in [1.82, 2.24) is 5.32 Å². The van der Waals surface area contributed by atoms with E-state index >= 15 is 0 Å². The van der Waals surface area contributed by atoms with Gasteiger partial charge in [-0.05, 0) is 25.0 Å². The molecule has 0 atom stereocenters. The molecule has 0 heterocycles. The monoisotopic (exact) mass is 253 g/mol. The minimum atomic E-state index is 0.114. The van der Waals surface area contributed by atoms with Gasteiger partial charge in [0.05, 0.1) is 0 Å². The van der Waals surface area contributed by atoms with Crippen molar-refractivity contribution in [2.24, 2.45) is 0 Å². The number of thioether (sulfide) groups is 1. The van der Waals surface area contributed by atoms with Gasteiger partial charge in [0.2, 0.25) is 5.91 Å². The first kappa shape index (κ1) is 15.1. The highest BCUT2D eigenvalue weighted by atomic mass is 35.5. The largest absolute Gasteiger partial charge is 0.396 e. The molecule has 15 heavy (non-hydrogen) atoms. The zero-order valence-corrected chi connectivity index (χ0v) is 10.6. The van der Waals surface area contributed by atoms with E-state index in [0.29, 0.717) is 12.3 Å². The molecule has 0 unspecified atom stereocenters. The van der Waals surface area contributed by atoms with Gasteiger partial charge in [-0.15, -0.1) is 11.6 Å². The van der Waals surface area contributed by atoms with Crippen molar-refractivity contribution in [3.05, 3.63) is 0 Å². The van der Waals surface area contributed by atoms with E-state index in [1.807, 2.05) is 0 Å². The Morgan fingerprint density at radius 3 is 2.73 bits per heavy atom. The van der Waals surface area contributed by atoms with Crippen LogP contribution in [0.3, 0.4) is 0 Å². The maximum Gasteiger partial charge on any atom is 0.220 e. The average molecular weight is 254 g/mol. The van der Waals surface area contributed by atoms with Crippen LogP contribution < -0.4 is 5.32 Å². The topological polar surface area (TPSA) is 49.3 Å². The molecule has 0 aliphatic rings. The molecule has 5 heteroatoms. The number of unbranched alkanes of at least 4 members (excludes halogenated alkanes) is 1. The van der Waals surface area contributed by atoms with Gasteiger partial charge in [0.1, 0.15) is 0 Å². The first-order valence-electron chi connectivity index (χ1n) is 5.32. The molecular weight excluding hydrogens is 234 g/mol. The van der Waals surface area contributed by atoms with Gasteiger partial charge in [0.15, 0.2) is 0 Å². The Hall–Kier alpha value is 0.0700. The second-order valence-corrected chi connectivity index (χ2v) is 4.79. The Morgan fingerprint density at radius 2 is 2.07 bits per heavy atom. The highest BCUT2D eigenvalue weighted by Crippen LogP contribution is 2.00. The molecule has 2 N–H and O–H groups in total. The standard InChI is InChI=1S/C10H20ClNO2S/c11-5-2-1-4-10(14)12-6-9-15-8-3-7-13/h13H,1-9H2,(H,12,14). The minimum Gasteiger partial charge on any atom is -0.396 e. The first-order valence-corrected chi connectivity index (χ1v) is 7.01. The number of hydrogen-bond acceptors (Lipinski definition) is 3. The molecule has 0 aliphatic carbocycles. The van der Waals surface area contributed by atoms with E-state index < -0.39 is 0 Å². The van der Waals surface area contributed by atoms with Gasteiger partial charge >= 0.3 is 0 Å². The normalized spacial score (nSPS) is 10.3. The molecule has 0 radical (unpaired) electrons. The fraction of sp³-hybridized carbons (Fsp3) is 0.900. The summed E-state index contributed by atoms with van der Waals surface area (Å²) in [6.07, 6.45) is 3.18. The van der Waals surface area contributed by atoms with Crippen LogP contribution >= 0.6 is 23.4 Å². The lowest BCUT2D eigenvalue weighted by atomic mass is 10.2. The second-order valence-electron chi connectivity index (χ2n) is 3.19. The molecule has 0 aromatic rings. The van der Waals surface area contributed by atoms with Crippen molar-refractivity contribution in [2.75, 3.05) is 30.5 Å². The Kier molecular flexibility index (Phi) is 12.2. The molecule has 0 saturated heterocycles. The van der Waals surface area contributed by atoms with E-state index in [1.54, 1.807) is 11.8 Å². The van der Waals surface area contributed by atoms with Crippen LogP contribution in [0.2, 0.25) is 0 Å². The van der Waals surface area contributed by atoms with Gasteiger partial charge in [-0.25, -0.2) is 0 Å². The van der Waals surface area contributed by atoms with E-state index in [9.17, 15) is 4.79 Å². The van der Waals surface area contributed by atoms with Gasteiger partial charge in [-0.2, -0.15) is 11.8 Å². The SMILES string of the molecule is O=C(CCCCCl)NCCSCCCO. The van der Waals surface area contributed by atoms with Gasteiger partial charge < -0.3 is 10.4 Å². The highest BCUT2D eigenvalue weighted by Gasteiger charge is 1.99. The lowest BCUT2D eigenvalue weighted by Crippen LogP contribution is -2.25. The van der Waals surface area contributed by atoms with Crippen molar-refractivity contribution >= 4 is 29.3 Å². The molecule has 0 bridgehead atoms. The highest BCUT2D eigenvalue weighted by molar-refractivity contribution is 7.99. The van der Waals surface area contributed by atoms with Gasteiger partial charge in [-0.3, -0.25) is 4.79 Å². The summed E-state index contributed by atoms with van der Waals surface area (Å²) in [4.78, 5) is 11.2. The summed E-state index contributed by atoms with van der Waals surface area (Å²) in [7, 11) is 0. The number of halogens is 1. The number of alkyl halides is 1. The number of nitrogens with one attached hydrogen (secondary N) is 1. The van der Waals surface area contributed by atoms with E-state index in [4.69, 9.17) is 16.7 Å². The zero-order chi connectivity index (χ0) is 11.4.